The minimum atomic E-state index is -0.185. The van der Waals surface area contributed by atoms with Crippen molar-refractivity contribution in [1.82, 2.24) is 5.32 Å². The first kappa shape index (κ1) is 19.6. The van der Waals surface area contributed by atoms with Crippen LogP contribution < -0.4 is 10.6 Å². The van der Waals surface area contributed by atoms with Crippen LogP contribution in [-0.4, -0.2) is 32.1 Å². The topological polar surface area (TPSA) is 67.4 Å². The standard InChI is InChI=1S/C21H26N2O3S/c1-14-9-10-16-17(13-14)27-21(18(16)20(25)22-11-6-12-26-2)23-19(24)15-7-4-3-5-8-15/h3-5,7-8,14H,6,9-13H2,1-2H3,(H,22,25)(H,23,24)/t14-/m0/s1. The fourth-order valence-electron chi connectivity index (χ4n) is 3.35. The van der Waals surface area contributed by atoms with Crippen LogP contribution in [0.3, 0.4) is 0 Å². The van der Waals surface area contributed by atoms with Gasteiger partial charge in [0.25, 0.3) is 11.8 Å². The Balaban J connectivity index is 1.83. The highest BCUT2D eigenvalue weighted by atomic mass is 32.1. The third-order valence-corrected chi connectivity index (χ3v) is 5.98. The highest BCUT2D eigenvalue weighted by molar-refractivity contribution is 7.17. The highest BCUT2D eigenvalue weighted by Gasteiger charge is 2.28. The average Bonchev–Trinajstić information content (AvgIpc) is 3.02. The van der Waals surface area contributed by atoms with Crippen molar-refractivity contribution >= 4 is 28.2 Å². The molecule has 2 amide bonds. The summed E-state index contributed by atoms with van der Waals surface area (Å²) in [6, 6.07) is 9.09. The maximum absolute atomic E-state index is 12.9. The number of hydrogen-bond acceptors (Lipinski definition) is 4. The summed E-state index contributed by atoms with van der Waals surface area (Å²) >= 11 is 1.54. The molecule has 3 rings (SSSR count). The van der Waals surface area contributed by atoms with E-state index in [0.717, 1.165) is 31.2 Å². The molecular weight excluding hydrogens is 360 g/mol. The number of thiophene rings is 1. The van der Waals surface area contributed by atoms with Gasteiger partial charge < -0.3 is 15.4 Å². The van der Waals surface area contributed by atoms with E-state index in [4.69, 9.17) is 4.74 Å². The van der Waals surface area contributed by atoms with E-state index in [0.29, 0.717) is 35.2 Å². The van der Waals surface area contributed by atoms with Crippen LogP contribution in [0, 0.1) is 5.92 Å². The van der Waals surface area contributed by atoms with Gasteiger partial charge in [-0.1, -0.05) is 25.1 Å². The van der Waals surface area contributed by atoms with Crippen LogP contribution in [0.4, 0.5) is 5.00 Å². The van der Waals surface area contributed by atoms with Gasteiger partial charge in [-0.05, 0) is 49.3 Å². The summed E-state index contributed by atoms with van der Waals surface area (Å²) in [5.74, 6) is 0.309. The lowest BCUT2D eigenvalue weighted by Crippen LogP contribution is -2.27. The normalized spacial score (nSPS) is 15.9. The number of amides is 2. The van der Waals surface area contributed by atoms with Gasteiger partial charge in [-0.25, -0.2) is 0 Å². The molecule has 0 spiro atoms. The Morgan fingerprint density at radius 1 is 1.22 bits per heavy atom. The van der Waals surface area contributed by atoms with Crippen molar-refractivity contribution in [3.05, 3.63) is 51.9 Å². The molecule has 0 saturated carbocycles. The molecule has 1 heterocycles. The highest BCUT2D eigenvalue weighted by Crippen LogP contribution is 2.39. The average molecular weight is 387 g/mol. The molecular formula is C21H26N2O3S. The fraction of sp³-hybridized carbons (Fsp3) is 0.429. The number of nitrogens with one attached hydrogen (secondary N) is 2. The van der Waals surface area contributed by atoms with Gasteiger partial charge in [0.1, 0.15) is 5.00 Å². The molecule has 0 fully saturated rings. The zero-order chi connectivity index (χ0) is 19.2. The van der Waals surface area contributed by atoms with Crippen molar-refractivity contribution in [3.63, 3.8) is 0 Å². The Hall–Kier alpha value is -2.18. The molecule has 0 aliphatic heterocycles. The number of fused-ring (bicyclic) bond motifs is 1. The van der Waals surface area contributed by atoms with Crippen LogP contribution in [0.15, 0.2) is 30.3 Å². The number of rotatable bonds is 7. The SMILES string of the molecule is COCCCNC(=O)c1c(NC(=O)c2ccccc2)sc2c1CC[C@H](C)C2. The first-order valence-electron chi connectivity index (χ1n) is 9.38. The summed E-state index contributed by atoms with van der Waals surface area (Å²) in [7, 11) is 1.65. The van der Waals surface area contributed by atoms with Crippen molar-refractivity contribution in [2.24, 2.45) is 5.92 Å². The number of carbonyl (C=O) groups is 2. The monoisotopic (exact) mass is 386 g/mol. The number of methoxy groups -OCH3 is 1. The molecule has 1 aliphatic rings. The third-order valence-electron chi connectivity index (χ3n) is 4.81. The third kappa shape index (κ3) is 4.76. The second-order valence-corrected chi connectivity index (χ2v) is 8.08. The van der Waals surface area contributed by atoms with Crippen molar-refractivity contribution in [1.29, 1.82) is 0 Å². The van der Waals surface area contributed by atoms with E-state index in [-0.39, 0.29) is 11.8 Å². The van der Waals surface area contributed by atoms with Gasteiger partial charge in [0.15, 0.2) is 0 Å². The minimum absolute atomic E-state index is 0.110. The van der Waals surface area contributed by atoms with E-state index < -0.39 is 0 Å². The van der Waals surface area contributed by atoms with Gasteiger partial charge in [0, 0.05) is 30.7 Å². The first-order valence-corrected chi connectivity index (χ1v) is 10.2. The summed E-state index contributed by atoms with van der Waals surface area (Å²) in [5.41, 5.74) is 2.33. The van der Waals surface area contributed by atoms with E-state index >= 15 is 0 Å². The van der Waals surface area contributed by atoms with Gasteiger partial charge in [0.2, 0.25) is 0 Å². The molecule has 0 radical (unpaired) electrons. The molecule has 27 heavy (non-hydrogen) atoms. The number of ether oxygens (including phenoxy) is 1. The van der Waals surface area contributed by atoms with Crippen LogP contribution in [0.2, 0.25) is 0 Å². The summed E-state index contributed by atoms with van der Waals surface area (Å²) in [6.07, 6.45) is 3.68. The Kier molecular flexibility index (Phi) is 6.63. The molecule has 0 unspecified atom stereocenters. The summed E-state index contributed by atoms with van der Waals surface area (Å²) in [6.45, 7) is 3.40. The van der Waals surface area contributed by atoms with E-state index in [1.54, 1.807) is 30.6 Å². The molecule has 1 aliphatic carbocycles. The molecule has 0 bridgehead atoms. The molecule has 6 heteroatoms. The molecule has 1 aromatic carbocycles. The summed E-state index contributed by atoms with van der Waals surface area (Å²) in [5, 5.41) is 6.61. The summed E-state index contributed by atoms with van der Waals surface area (Å²) in [4.78, 5) is 26.7. The lowest BCUT2D eigenvalue weighted by Gasteiger charge is -2.18. The molecule has 2 aromatic rings. The van der Waals surface area contributed by atoms with Crippen molar-refractivity contribution in [2.75, 3.05) is 25.6 Å². The van der Waals surface area contributed by atoms with E-state index in [1.807, 2.05) is 18.2 Å². The maximum atomic E-state index is 12.9. The smallest absolute Gasteiger partial charge is 0.256 e. The molecule has 1 aromatic heterocycles. The number of carbonyl (C=O) groups excluding carboxylic acids is 2. The minimum Gasteiger partial charge on any atom is -0.385 e. The zero-order valence-electron chi connectivity index (χ0n) is 15.8. The van der Waals surface area contributed by atoms with E-state index in [1.165, 1.54) is 4.88 Å². The zero-order valence-corrected chi connectivity index (χ0v) is 16.7. The quantitative estimate of drug-likeness (QED) is 0.710. The Morgan fingerprint density at radius 2 is 2.00 bits per heavy atom. The lowest BCUT2D eigenvalue weighted by atomic mass is 9.88. The van der Waals surface area contributed by atoms with Crippen molar-refractivity contribution in [3.8, 4) is 0 Å². The Bertz CT molecular complexity index is 801. The molecule has 5 nitrogen and oxygen atoms in total. The van der Waals surface area contributed by atoms with Gasteiger partial charge in [-0.3, -0.25) is 9.59 Å². The predicted octanol–water partition coefficient (Wildman–Crippen LogP) is 3.89. The van der Waals surface area contributed by atoms with Crippen molar-refractivity contribution < 1.29 is 14.3 Å². The van der Waals surface area contributed by atoms with Gasteiger partial charge in [-0.2, -0.15) is 0 Å². The molecule has 144 valence electrons. The van der Waals surface area contributed by atoms with Crippen LogP contribution in [0.1, 0.15) is 50.9 Å². The van der Waals surface area contributed by atoms with Gasteiger partial charge in [-0.15, -0.1) is 11.3 Å². The van der Waals surface area contributed by atoms with Crippen molar-refractivity contribution in [2.45, 2.75) is 32.6 Å². The lowest BCUT2D eigenvalue weighted by molar-refractivity contribution is 0.0948. The van der Waals surface area contributed by atoms with Gasteiger partial charge >= 0.3 is 0 Å². The van der Waals surface area contributed by atoms with Crippen LogP contribution in [0.5, 0.6) is 0 Å². The fourth-order valence-corrected chi connectivity index (χ4v) is 4.75. The Labute approximate surface area is 164 Å². The van der Waals surface area contributed by atoms with Crippen LogP contribution in [-0.2, 0) is 17.6 Å². The Morgan fingerprint density at radius 3 is 2.74 bits per heavy atom. The maximum Gasteiger partial charge on any atom is 0.256 e. The summed E-state index contributed by atoms with van der Waals surface area (Å²) < 4.78 is 5.04. The predicted molar refractivity (Wildman–Crippen MR) is 109 cm³/mol. The van der Waals surface area contributed by atoms with E-state index in [2.05, 4.69) is 17.6 Å². The number of hydrogen-bond donors (Lipinski definition) is 2. The number of anilines is 1. The molecule has 0 saturated heterocycles. The van der Waals surface area contributed by atoms with Crippen LogP contribution >= 0.6 is 11.3 Å². The van der Waals surface area contributed by atoms with E-state index in [9.17, 15) is 9.59 Å². The molecule has 2 N–H and O–H groups in total. The first-order chi connectivity index (χ1) is 13.1. The second-order valence-electron chi connectivity index (χ2n) is 6.98. The van der Waals surface area contributed by atoms with Crippen LogP contribution in [0.25, 0.3) is 0 Å². The second kappa shape index (κ2) is 9.15. The number of benzene rings is 1. The largest absolute Gasteiger partial charge is 0.385 e. The van der Waals surface area contributed by atoms with Gasteiger partial charge in [0.05, 0.1) is 5.56 Å². The molecule has 1 atom stereocenters.